The number of ether oxygens (including phenoxy) is 1. The van der Waals surface area contributed by atoms with E-state index in [1.165, 1.54) is 66.7 Å². The molecule has 0 spiro atoms. The second-order valence-corrected chi connectivity index (χ2v) is 10.9. The number of aryl methyl sites for hydroxylation is 2. The van der Waals surface area contributed by atoms with Gasteiger partial charge in [-0.15, -0.1) is 0 Å². The summed E-state index contributed by atoms with van der Waals surface area (Å²) >= 11 is 11.8. The minimum Gasteiger partial charge on any atom is -0.423 e. The molecule has 0 aliphatic heterocycles. The van der Waals surface area contributed by atoms with Crippen molar-refractivity contribution >= 4 is 50.8 Å². The lowest BCUT2D eigenvalue weighted by molar-refractivity contribution is 0.0734. The van der Waals surface area contributed by atoms with Crippen LogP contribution in [0.3, 0.4) is 0 Å². The van der Waals surface area contributed by atoms with Gasteiger partial charge in [0.15, 0.2) is 0 Å². The number of carbonyl (C=O) groups excluding carboxylic acids is 2. The number of hydrogen-bond donors (Lipinski definition) is 0. The van der Waals surface area contributed by atoms with Crippen molar-refractivity contribution in [2.45, 2.75) is 18.7 Å². The first-order valence-corrected chi connectivity index (χ1v) is 13.3. The maximum atomic E-state index is 13.8. The summed E-state index contributed by atoms with van der Waals surface area (Å²) in [5, 5.41) is 0.892. The number of anilines is 1. The van der Waals surface area contributed by atoms with Crippen LogP contribution < -0.4 is 9.04 Å². The van der Waals surface area contributed by atoms with Crippen molar-refractivity contribution in [1.29, 1.82) is 0 Å². The van der Waals surface area contributed by atoms with E-state index in [1.54, 1.807) is 31.2 Å². The highest BCUT2D eigenvalue weighted by Crippen LogP contribution is 2.30. The van der Waals surface area contributed by atoms with Crippen LogP contribution >= 0.6 is 23.2 Å². The smallest absolute Gasteiger partial charge is 0.343 e. The van der Waals surface area contributed by atoms with Gasteiger partial charge in [-0.3, -0.25) is 4.79 Å². The molecule has 4 rings (SSSR count). The predicted molar refractivity (Wildman–Crippen MR) is 144 cm³/mol. The molecule has 1 amide bonds. The highest BCUT2D eigenvalue weighted by molar-refractivity contribution is 7.93. The predicted octanol–water partition coefficient (Wildman–Crippen LogP) is 6.87. The molecule has 37 heavy (non-hydrogen) atoms. The van der Waals surface area contributed by atoms with Crippen LogP contribution in [0.15, 0.2) is 95.9 Å². The Morgan fingerprint density at radius 3 is 1.81 bits per heavy atom. The molecular formula is C28H21Cl2NO5S. The molecule has 0 saturated carbocycles. The fraction of sp³-hybridized carbons (Fsp3) is 0.0714. The molecule has 0 N–H and O–H groups in total. The molecule has 0 heterocycles. The summed E-state index contributed by atoms with van der Waals surface area (Å²) in [5.74, 6) is -1.20. The molecule has 9 heteroatoms. The standard InChI is InChI=1S/C28H21Cl2NO5S/c1-18-3-16-26(19(2)17-18)37(34,35)31(27(32)20-4-8-22(29)9-5-20)24-12-14-25(15-13-24)36-28(33)21-6-10-23(30)11-7-21/h3-17H,1-2H3. The number of sulfonamides is 1. The minimum absolute atomic E-state index is 0.00124. The zero-order valence-corrected chi connectivity index (χ0v) is 22.1. The van der Waals surface area contributed by atoms with E-state index in [9.17, 15) is 18.0 Å². The molecule has 0 unspecified atom stereocenters. The van der Waals surface area contributed by atoms with E-state index in [-0.39, 0.29) is 21.9 Å². The number of halogens is 2. The number of esters is 1. The third kappa shape index (κ3) is 5.85. The van der Waals surface area contributed by atoms with Crippen molar-refractivity contribution in [3.05, 3.63) is 123 Å². The van der Waals surface area contributed by atoms with Crippen LogP contribution in [0, 0.1) is 13.8 Å². The van der Waals surface area contributed by atoms with Gasteiger partial charge in [-0.2, -0.15) is 4.31 Å². The Morgan fingerprint density at radius 1 is 0.730 bits per heavy atom. The van der Waals surface area contributed by atoms with Gasteiger partial charge in [-0.25, -0.2) is 13.2 Å². The van der Waals surface area contributed by atoms with Crippen LogP contribution in [0.1, 0.15) is 31.8 Å². The van der Waals surface area contributed by atoms with Gasteiger partial charge >= 0.3 is 5.97 Å². The highest BCUT2D eigenvalue weighted by Gasteiger charge is 2.33. The number of carbonyl (C=O) groups is 2. The molecule has 4 aromatic rings. The van der Waals surface area contributed by atoms with Crippen molar-refractivity contribution in [2.75, 3.05) is 4.31 Å². The highest BCUT2D eigenvalue weighted by atomic mass is 35.5. The molecule has 0 atom stereocenters. The molecule has 0 radical (unpaired) electrons. The van der Waals surface area contributed by atoms with E-state index in [0.717, 1.165) is 9.87 Å². The first-order chi connectivity index (χ1) is 17.6. The summed E-state index contributed by atoms with van der Waals surface area (Å²) in [4.78, 5) is 26.0. The third-order valence-electron chi connectivity index (χ3n) is 5.49. The minimum atomic E-state index is -4.31. The summed E-state index contributed by atoms with van der Waals surface area (Å²) < 4.78 is 33.7. The summed E-state index contributed by atoms with van der Waals surface area (Å²) in [6.45, 7) is 3.52. The van der Waals surface area contributed by atoms with Gasteiger partial charge in [-0.05, 0) is 98.3 Å². The van der Waals surface area contributed by atoms with Gasteiger partial charge in [-0.1, -0.05) is 40.9 Å². The average Bonchev–Trinajstić information content (AvgIpc) is 2.85. The number of amides is 1. The fourth-order valence-corrected chi connectivity index (χ4v) is 5.54. The molecule has 188 valence electrons. The zero-order valence-electron chi connectivity index (χ0n) is 19.8. The van der Waals surface area contributed by atoms with E-state index >= 15 is 0 Å². The van der Waals surface area contributed by atoms with Crippen molar-refractivity contribution in [3.63, 3.8) is 0 Å². The summed E-state index contributed by atoms with van der Waals surface area (Å²) in [6.07, 6.45) is 0. The summed E-state index contributed by atoms with van der Waals surface area (Å²) in [7, 11) is -4.31. The quantitative estimate of drug-likeness (QED) is 0.192. The fourth-order valence-electron chi connectivity index (χ4n) is 3.66. The van der Waals surface area contributed by atoms with Gasteiger partial charge in [0.05, 0.1) is 16.1 Å². The van der Waals surface area contributed by atoms with E-state index in [0.29, 0.717) is 21.2 Å². The number of hydrogen-bond acceptors (Lipinski definition) is 5. The van der Waals surface area contributed by atoms with Gasteiger partial charge < -0.3 is 4.74 Å². The van der Waals surface area contributed by atoms with Crippen LogP contribution in [0.4, 0.5) is 5.69 Å². The average molecular weight is 554 g/mol. The van der Waals surface area contributed by atoms with Crippen LogP contribution in [0.5, 0.6) is 5.75 Å². The lowest BCUT2D eigenvalue weighted by Crippen LogP contribution is -2.37. The van der Waals surface area contributed by atoms with Crippen LogP contribution in [-0.2, 0) is 10.0 Å². The van der Waals surface area contributed by atoms with E-state index in [2.05, 4.69) is 0 Å². The number of nitrogens with zero attached hydrogens (tertiary/aromatic N) is 1. The third-order valence-corrected chi connectivity index (χ3v) is 7.86. The summed E-state index contributed by atoms with van der Waals surface area (Å²) in [5.41, 5.74) is 1.90. The number of benzene rings is 4. The van der Waals surface area contributed by atoms with E-state index in [1.807, 2.05) is 6.92 Å². The first-order valence-electron chi connectivity index (χ1n) is 11.1. The Balaban J connectivity index is 1.72. The molecule has 0 aliphatic rings. The Kier molecular flexibility index (Phi) is 7.68. The maximum absolute atomic E-state index is 13.8. The van der Waals surface area contributed by atoms with Gasteiger partial charge in [0.2, 0.25) is 0 Å². The summed E-state index contributed by atoms with van der Waals surface area (Å²) in [6, 6.07) is 22.7. The largest absolute Gasteiger partial charge is 0.423 e. The Morgan fingerprint density at radius 2 is 1.27 bits per heavy atom. The number of rotatable bonds is 6. The molecule has 0 bridgehead atoms. The topological polar surface area (TPSA) is 80.8 Å². The molecular weight excluding hydrogens is 533 g/mol. The Hall–Kier alpha value is -3.65. The molecule has 0 aromatic heterocycles. The van der Waals surface area contributed by atoms with Crippen LogP contribution in [0.25, 0.3) is 0 Å². The lowest BCUT2D eigenvalue weighted by atomic mass is 10.2. The Bertz CT molecular complexity index is 1570. The maximum Gasteiger partial charge on any atom is 0.343 e. The second kappa shape index (κ2) is 10.8. The van der Waals surface area contributed by atoms with E-state index in [4.69, 9.17) is 27.9 Å². The Labute approximate surface area is 225 Å². The van der Waals surface area contributed by atoms with Crippen molar-refractivity contribution in [1.82, 2.24) is 0 Å². The first kappa shape index (κ1) is 26.4. The van der Waals surface area contributed by atoms with Gasteiger partial charge in [0.1, 0.15) is 5.75 Å². The molecule has 6 nitrogen and oxygen atoms in total. The molecule has 0 fully saturated rings. The van der Waals surface area contributed by atoms with Crippen molar-refractivity contribution in [3.8, 4) is 5.75 Å². The monoisotopic (exact) mass is 553 g/mol. The molecule has 0 saturated heterocycles. The lowest BCUT2D eigenvalue weighted by Gasteiger charge is -2.24. The van der Waals surface area contributed by atoms with Crippen LogP contribution in [-0.4, -0.2) is 20.3 Å². The van der Waals surface area contributed by atoms with Crippen LogP contribution in [0.2, 0.25) is 10.0 Å². The van der Waals surface area contributed by atoms with Crippen molar-refractivity contribution in [2.24, 2.45) is 0 Å². The molecule has 0 aliphatic carbocycles. The van der Waals surface area contributed by atoms with Gasteiger partial charge in [0, 0.05) is 15.6 Å². The SMILES string of the molecule is Cc1ccc(S(=O)(=O)N(C(=O)c2ccc(Cl)cc2)c2ccc(OC(=O)c3ccc(Cl)cc3)cc2)c(C)c1. The zero-order chi connectivity index (χ0) is 26.7. The van der Waals surface area contributed by atoms with Crippen molar-refractivity contribution < 1.29 is 22.7 Å². The van der Waals surface area contributed by atoms with E-state index < -0.39 is 21.9 Å². The molecule has 4 aromatic carbocycles. The second-order valence-electron chi connectivity index (χ2n) is 8.24. The normalized spacial score (nSPS) is 11.1. The van der Waals surface area contributed by atoms with Gasteiger partial charge in [0.25, 0.3) is 15.9 Å².